The molecule has 0 spiro atoms. The van der Waals surface area contributed by atoms with Gasteiger partial charge in [-0.25, -0.2) is 4.79 Å². The number of hydrogen-bond donors (Lipinski definition) is 0. The molecule has 0 unspecified atom stereocenters. The fourth-order valence-electron chi connectivity index (χ4n) is 4.79. The number of nitrogens with zero attached hydrogens (tertiary/aromatic N) is 1. The molecule has 7 heteroatoms. The Hall–Kier alpha value is -1.11. The average molecular weight is 512 g/mol. The van der Waals surface area contributed by atoms with Crippen LogP contribution in [0.25, 0.3) is 0 Å². The van der Waals surface area contributed by atoms with Crippen LogP contribution in [0.1, 0.15) is 88.5 Å². The molecule has 5 nitrogen and oxygen atoms in total. The van der Waals surface area contributed by atoms with Crippen molar-refractivity contribution in [1.82, 2.24) is 4.90 Å². The van der Waals surface area contributed by atoms with E-state index in [2.05, 4.69) is 72.6 Å². The largest absolute Gasteiger partial charge is 0.444 e. The van der Waals surface area contributed by atoms with Crippen molar-refractivity contribution in [2.75, 3.05) is 6.61 Å². The average Bonchev–Trinajstić information content (AvgIpc) is 2.62. The summed E-state index contributed by atoms with van der Waals surface area (Å²) in [5, 5.41) is 0. The molecule has 0 bridgehead atoms. The van der Waals surface area contributed by atoms with E-state index >= 15 is 0 Å². The van der Waals surface area contributed by atoms with Crippen LogP contribution in [-0.2, 0) is 14.0 Å². The van der Waals surface area contributed by atoms with Gasteiger partial charge in [-0.2, -0.15) is 0 Å². The standard InChI is InChI=1S/C27H53NO4Si2/c1-21(2)34(22(3)4,23(5)6)31-19-14-15-25(17-20-33(11,12)13)28(24(7)16-18-29)26(30)32-27(8,9)10/h18,21-25H,14-16,19H2,1-13H3/t24-,25+/m0/s1. The van der Waals surface area contributed by atoms with Crippen molar-refractivity contribution in [3.8, 4) is 11.5 Å². The molecule has 0 aliphatic rings. The SMILES string of the molecule is CC(C)[Si](OCCC[C@H](C#C[Si](C)(C)C)N(C(=O)OC(C)(C)C)[C@@H](C)CC=O)(C(C)C)C(C)C. The van der Waals surface area contributed by atoms with Crippen molar-refractivity contribution >= 4 is 28.8 Å². The number of aldehydes is 1. The van der Waals surface area contributed by atoms with Gasteiger partial charge in [-0.1, -0.05) is 67.1 Å². The number of rotatable bonds is 12. The molecule has 0 heterocycles. The maximum atomic E-state index is 13.2. The zero-order valence-electron chi connectivity index (χ0n) is 24.4. The predicted molar refractivity (Wildman–Crippen MR) is 149 cm³/mol. The molecule has 0 saturated carbocycles. The van der Waals surface area contributed by atoms with E-state index in [0.29, 0.717) is 29.7 Å². The fraction of sp³-hybridized carbons (Fsp3) is 0.852. The summed E-state index contributed by atoms with van der Waals surface area (Å²) in [6, 6.07) is -0.599. The van der Waals surface area contributed by atoms with Crippen LogP contribution in [0.15, 0.2) is 0 Å². The van der Waals surface area contributed by atoms with E-state index in [9.17, 15) is 9.59 Å². The van der Waals surface area contributed by atoms with Crippen LogP contribution in [0.2, 0.25) is 36.3 Å². The van der Waals surface area contributed by atoms with E-state index < -0.39 is 28.1 Å². The van der Waals surface area contributed by atoms with Crippen LogP contribution in [0.5, 0.6) is 0 Å². The summed E-state index contributed by atoms with van der Waals surface area (Å²) < 4.78 is 12.5. The molecule has 1 amide bonds. The zero-order chi connectivity index (χ0) is 26.9. The molecule has 0 radical (unpaired) electrons. The number of ether oxygens (including phenoxy) is 1. The van der Waals surface area contributed by atoms with E-state index in [4.69, 9.17) is 9.16 Å². The Morgan fingerprint density at radius 3 is 1.85 bits per heavy atom. The second kappa shape index (κ2) is 13.8. The number of amides is 1. The maximum absolute atomic E-state index is 13.2. The van der Waals surface area contributed by atoms with Gasteiger partial charge in [-0.15, -0.1) is 5.54 Å². The summed E-state index contributed by atoms with van der Waals surface area (Å²) in [7, 11) is -3.60. The van der Waals surface area contributed by atoms with E-state index in [0.717, 1.165) is 12.7 Å². The van der Waals surface area contributed by atoms with Gasteiger partial charge in [0.25, 0.3) is 0 Å². The molecular formula is C27H53NO4Si2. The van der Waals surface area contributed by atoms with Crippen molar-refractivity contribution in [3.63, 3.8) is 0 Å². The molecule has 0 aromatic heterocycles. The minimum Gasteiger partial charge on any atom is -0.444 e. The minimum atomic E-state index is -1.94. The monoisotopic (exact) mass is 511 g/mol. The highest BCUT2D eigenvalue weighted by atomic mass is 28.4. The molecule has 0 aromatic carbocycles. The lowest BCUT2D eigenvalue weighted by Gasteiger charge is -2.42. The molecule has 34 heavy (non-hydrogen) atoms. The molecule has 0 saturated heterocycles. The fourth-order valence-corrected chi connectivity index (χ4v) is 10.9. The molecule has 198 valence electrons. The minimum absolute atomic E-state index is 0.255. The Labute approximate surface area is 212 Å². The van der Waals surface area contributed by atoms with Crippen LogP contribution in [0.3, 0.4) is 0 Å². The second-order valence-corrected chi connectivity index (χ2v) is 22.7. The molecule has 2 atom stereocenters. The molecular weight excluding hydrogens is 458 g/mol. The Morgan fingerprint density at radius 2 is 1.47 bits per heavy atom. The maximum Gasteiger partial charge on any atom is 0.411 e. The summed E-state index contributed by atoms with van der Waals surface area (Å²) >= 11 is 0. The van der Waals surface area contributed by atoms with Crippen molar-refractivity contribution in [2.45, 2.75) is 142 Å². The van der Waals surface area contributed by atoms with Gasteiger partial charge in [0, 0.05) is 19.1 Å². The Balaban J connectivity index is 5.88. The van der Waals surface area contributed by atoms with Crippen molar-refractivity contribution in [3.05, 3.63) is 0 Å². The first-order valence-electron chi connectivity index (χ1n) is 13.0. The molecule has 0 fully saturated rings. The highest BCUT2D eigenvalue weighted by Gasteiger charge is 2.44. The summed E-state index contributed by atoms with van der Waals surface area (Å²) in [6.07, 6.45) is 2.21. The van der Waals surface area contributed by atoms with Gasteiger partial charge in [-0.3, -0.25) is 4.90 Å². The van der Waals surface area contributed by atoms with Crippen molar-refractivity contribution in [1.29, 1.82) is 0 Å². The predicted octanol–water partition coefficient (Wildman–Crippen LogP) is 7.42. The molecule has 0 aromatic rings. The quantitative estimate of drug-likeness (QED) is 0.118. The third kappa shape index (κ3) is 10.7. The van der Waals surface area contributed by atoms with E-state index in [-0.39, 0.29) is 18.5 Å². The van der Waals surface area contributed by atoms with Gasteiger partial charge in [0.1, 0.15) is 20.0 Å². The molecule has 0 aliphatic heterocycles. The lowest BCUT2D eigenvalue weighted by Crippen LogP contribution is -2.49. The lowest BCUT2D eigenvalue weighted by atomic mass is 10.1. The van der Waals surface area contributed by atoms with Crippen LogP contribution < -0.4 is 0 Å². The van der Waals surface area contributed by atoms with Gasteiger partial charge in [0.15, 0.2) is 8.32 Å². The van der Waals surface area contributed by atoms with Gasteiger partial charge in [0.2, 0.25) is 0 Å². The smallest absolute Gasteiger partial charge is 0.411 e. The first-order chi connectivity index (χ1) is 15.4. The van der Waals surface area contributed by atoms with Gasteiger partial charge in [-0.05, 0) is 57.2 Å². The van der Waals surface area contributed by atoms with Gasteiger partial charge in [0.05, 0.1) is 6.04 Å². The summed E-state index contributed by atoms with van der Waals surface area (Å²) in [4.78, 5) is 26.2. The zero-order valence-corrected chi connectivity index (χ0v) is 26.4. The van der Waals surface area contributed by atoms with Crippen LogP contribution in [0, 0.1) is 11.5 Å². The highest BCUT2D eigenvalue weighted by Crippen LogP contribution is 2.42. The highest BCUT2D eigenvalue weighted by molar-refractivity contribution is 6.83. The first kappa shape index (κ1) is 32.9. The summed E-state index contributed by atoms with van der Waals surface area (Å²) in [5.41, 5.74) is 4.42. The Kier molecular flexibility index (Phi) is 13.4. The topological polar surface area (TPSA) is 55.8 Å². The molecule has 0 aliphatic carbocycles. The van der Waals surface area contributed by atoms with E-state index in [1.165, 1.54) is 0 Å². The Morgan fingerprint density at radius 1 is 0.971 bits per heavy atom. The lowest BCUT2D eigenvalue weighted by molar-refractivity contribution is -0.108. The Bertz CT molecular complexity index is 674. The summed E-state index contributed by atoms with van der Waals surface area (Å²) in [5.74, 6) is 3.41. The van der Waals surface area contributed by atoms with Gasteiger partial charge >= 0.3 is 6.09 Å². The normalized spacial score (nSPS) is 14.6. The first-order valence-corrected chi connectivity index (χ1v) is 18.6. The van der Waals surface area contributed by atoms with Crippen LogP contribution >= 0.6 is 0 Å². The third-order valence-electron chi connectivity index (χ3n) is 6.15. The number of carbonyl (C=O) groups is 2. The van der Waals surface area contributed by atoms with Gasteiger partial charge < -0.3 is 14.0 Å². The second-order valence-electron chi connectivity index (χ2n) is 12.5. The molecule has 0 rings (SSSR count). The van der Waals surface area contributed by atoms with Crippen molar-refractivity contribution in [2.24, 2.45) is 0 Å². The van der Waals surface area contributed by atoms with Crippen LogP contribution in [-0.4, -0.2) is 58.0 Å². The number of hydrogen-bond acceptors (Lipinski definition) is 4. The van der Waals surface area contributed by atoms with E-state index in [1.54, 1.807) is 4.90 Å². The van der Waals surface area contributed by atoms with E-state index in [1.807, 2.05) is 27.7 Å². The number of carbonyl (C=O) groups excluding carboxylic acids is 2. The van der Waals surface area contributed by atoms with Crippen molar-refractivity contribution < 1.29 is 18.8 Å². The summed E-state index contributed by atoms with van der Waals surface area (Å²) in [6.45, 7) is 28.5. The third-order valence-corrected chi connectivity index (χ3v) is 13.2. The van der Waals surface area contributed by atoms with Crippen LogP contribution in [0.4, 0.5) is 4.79 Å². The molecule has 0 N–H and O–H groups in total.